The summed E-state index contributed by atoms with van der Waals surface area (Å²) in [5.41, 5.74) is 2.42. The van der Waals surface area contributed by atoms with Crippen LogP contribution in [0.4, 0.5) is 31.0 Å². The highest BCUT2D eigenvalue weighted by Gasteiger charge is 2.34. The Morgan fingerprint density at radius 2 is 1.94 bits per heavy atom. The summed E-state index contributed by atoms with van der Waals surface area (Å²) in [5, 5.41) is 15.7. The molecule has 1 aliphatic rings. The van der Waals surface area contributed by atoms with Crippen LogP contribution >= 0.6 is 0 Å². The molecule has 0 bridgehead atoms. The summed E-state index contributed by atoms with van der Waals surface area (Å²) in [4.78, 5) is 24.9. The molecular formula is C25H26F2N6O2. The number of nitrogens with one attached hydrogen (secondary N) is 2. The molecule has 182 valence electrons. The zero-order valence-electron chi connectivity index (χ0n) is 19.7. The average Bonchev–Trinajstić information content (AvgIpc) is 2.79. The molecule has 0 fully saturated rings. The van der Waals surface area contributed by atoms with Crippen molar-refractivity contribution in [3.63, 3.8) is 0 Å². The molecule has 0 spiro atoms. The van der Waals surface area contributed by atoms with E-state index < -0.39 is 23.4 Å². The number of urea groups is 1. The van der Waals surface area contributed by atoms with E-state index in [0.717, 1.165) is 22.6 Å². The molecule has 1 aliphatic heterocycles. The normalized spacial score (nSPS) is 13.0. The Kier molecular flexibility index (Phi) is 6.65. The number of aliphatic hydroxyl groups excluding tert-OH is 1. The Balaban J connectivity index is 1.95. The number of rotatable bonds is 7. The fourth-order valence-electron chi connectivity index (χ4n) is 3.82. The number of hydrogen-bond acceptors (Lipinski definition) is 6. The van der Waals surface area contributed by atoms with E-state index in [4.69, 9.17) is 4.98 Å². The van der Waals surface area contributed by atoms with Gasteiger partial charge in [0.2, 0.25) is 5.95 Å². The first kappa shape index (κ1) is 24.1. The predicted octanol–water partition coefficient (Wildman–Crippen LogP) is 4.59. The van der Waals surface area contributed by atoms with Crippen LogP contribution in [-0.4, -0.2) is 53.2 Å². The van der Waals surface area contributed by atoms with E-state index in [9.17, 15) is 18.7 Å². The Labute approximate surface area is 201 Å². The third kappa shape index (κ3) is 4.78. The van der Waals surface area contributed by atoms with Crippen LogP contribution in [0.3, 0.4) is 0 Å². The lowest BCUT2D eigenvalue weighted by atomic mass is 9.97. The minimum atomic E-state index is -0.898. The number of nitrogens with zero attached hydrogens (tertiary/aromatic N) is 4. The molecule has 0 unspecified atom stereocenters. The lowest BCUT2D eigenvalue weighted by Gasteiger charge is -2.31. The number of hydrogen-bond donors (Lipinski definition) is 3. The van der Waals surface area contributed by atoms with Gasteiger partial charge in [-0.15, -0.1) is 0 Å². The van der Waals surface area contributed by atoms with Crippen molar-refractivity contribution < 1.29 is 18.7 Å². The molecule has 0 radical (unpaired) electrons. The Bertz CT molecular complexity index is 1290. The van der Waals surface area contributed by atoms with Crippen LogP contribution in [0.1, 0.15) is 16.7 Å². The predicted molar refractivity (Wildman–Crippen MR) is 132 cm³/mol. The lowest BCUT2D eigenvalue weighted by molar-refractivity contribution is 0.246. The van der Waals surface area contributed by atoms with E-state index in [1.807, 2.05) is 32.0 Å². The SMILES string of the molecule is C=C(O)c1ccc(C)c(-c2nc(NCCN(C)C)nc3c2CNC(=O)N3c2c(F)cccc2F)c1. The number of para-hydroxylation sites is 1. The summed E-state index contributed by atoms with van der Waals surface area (Å²) in [5.74, 6) is -1.63. The minimum absolute atomic E-state index is 0.0534. The van der Waals surface area contributed by atoms with Crippen molar-refractivity contribution in [1.29, 1.82) is 0 Å². The second-order valence-corrected chi connectivity index (χ2v) is 8.47. The molecule has 8 nitrogen and oxygen atoms in total. The third-order valence-corrected chi connectivity index (χ3v) is 5.65. The fourth-order valence-corrected chi connectivity index (χ4v) is 3.82. The molecular weight excluding hydrogens is 454 g/mol. The van der Waals surface area contributed by atoms with Crippen LogP contribution in [0.15, 0.2) is 43.0 Å². The quantitative estimate of drug-likeness (QED) is 0.428. The van der Waals surface area contributed by atoms with E-state index >= 15 is 0 Å². The molecule has 4 rings (SSSR count). The van der Waals surface area contributed by atoms with Gasteiger partial charge in [0.1, 0.15) is 23.1 Å². The van der Waals surface area contributed by atoms with Gasteiger partial charge in [-0.1, -0.05) is 24.8 Å². The molecule has 35 heavy (non-hydrogen) atoms. The molecule has 2 amide bonds. The van der Waals surface area contributed by atoms with Gasteiger partial charge in [-0.2, -0.15) is 4.98 Å². The van der Waals surface area contributed by atoms with Gasteiger partial charge in [-0.3, -0.25) is 0 Å². The van der Waals surface area contributed by atoms with Gasteiger partial charge in [-0.05, 0) is 44.8 Å². The Morgan fingerprint density at radius 1 is 1.23 bits per heavy atom. The number of aliphatic hydroxyl groups is 1. The second kappa shape index (κ2) is 9.67. The molecule has 1 aromatic heterocycles. The first-order chi connectivity index (χ1) is 16.7. The first-order valence-electron chi connectivity index (χ1n) is 11.0. The number of fused-ring (bicyclic) bond motifs is 1. The monoisotopic (exact) mass is 480 g/mol. The molecule has 3 aromatic rings. The zero-order valence-corrected chi connectivity index (χ0v) is 19.7. The zero-order chi connectivity index (χ0) is 25.3. The van der Waals surface area contributed by atoms with Crippen LogP contribution < -0.4 is 15.5 Å². The summed E-state index contributed by atoms with van der Waals surface area (Å²) >= 11 is 0. The lowest BCUT2D eigenvalue weighted by Crippen LogP contribution is -2.43. The molecule has 2 heterocycles. The van der Waals surface area contributed by atoms with Crippen molar-refractivity contribution in [3.05, 3.63) is 71.3 Å². The number of likely N-dealkylation sites (N-methyl/N-ethyl adjacent to an activating group) is 1. The van der Waals surface area contributed by atoms with Gasteiger partial charge in [-0.25, -0.2) is 23.5 Å². The standard InChI is InChI=1S/C25H26F2N6O2/c1-14-8-9-16(15(2)34)12-17(14)21-18-13-29-25(35)33(22-19(26)6-5-7-20(22)27)23(18)31-24(30-21)28-10-11-32(3)4/h5-9,12,34H,2,10-11,13H2,1,3-4H3,(H,29,35)(H,28,30,31). The van der Waals surface area contributed by atoms with Crippen molar-refractivity contribution in [2.45, 2.75) is 13.5 Å². The maximum atomic E-state index is 14.8. The number of benzene rings is 2. The molecule has 0 saturated heterocycles. The largest absolute Gasteiger partial charge is 0.508 e. The van der Waals surface area contributed by atoms with Gasteiger partial charge >= 0.3 is 6.03 Å². The number of halogens is 2. The van der Waals surface area contributed by atoms with Gasteiger partial charge in [0.15, 0.2) is 5.82 Å². The number of aryl methyl sites for hydroxylation is 1. The van der Waals surface area contributed by atoms with Crippen LogP contribution in [0.25, 0.3) is 17.0 Å². The first-order valence-corrected chi connectivity index (χ1v) is 11.0. The molecule has 0 aliphatic carbocycles. The fraction of sp³-hybridized carbons (Fsp3) is 0.240. The van der Waals surface area contributed by atoms with Gasteiger partial charge in [0, 0.05) is 29.8 Å². The summed E-state index contributed by atoms with van der Waals surface area (Å²) in [7, 11) is 3.84. The minimum Gasteiger partial charge on any atom is -0.508 e. The highest BCUT2D eigenvalue weighted by Crippen LogP contribution is 2.39. The summed E-state index contributed by atoms with van der Waals surface area (Å²) in [6, 6.07) is 7.96. The summed E-state index contributed by atoms with van der Waals surface area (Å²) in [6.45, 7) is 6.70. The molecule has 10 heteroatoms. The molecule has 0 saturated carbocycles. The molecule has 0 atom stereocenters. The van der Waals surface area contributed by atoms with E-state index in [1.165, 1.54) is 6.07 Å². The van der Waals surface area contributed by atoms with Gasteiger partial charge in [0.25, 0.3) is 0 Å². The van der Waals surface area contributed by atoms with E-state index in [1.54, 1.807) is 12.1 Å². The highest BCUT2D eigenvalue weighted by molar-refractivity contribution is 6.02. The van der Waals surface area contributed by atoms with E-state index in [-0.39, 0.29) is 24.1 Å². The number of carbonyl (C=O) groups is 1. The summed E-state index contributed by atoms with van der Waals surface area (Å²) < 4.78 is 29.5. The molecule has 2 aromatic carbocycles. The van der Waals surface area contributed by atoms with Crippen LogP contribution in [0.5, 0.6) is 0 Å². The van der Waals surface area contributed by atoms with Gasteiger partial charge in [0.05, 0.1) is 12.2 Å². The number of amides is 2. The van der Waals surface area contributed by atoms with Crippen LogP contribution in [-0.2, 0) is 6.54 Å². The van der Waals surface area contributed by atoms with Crippen LogP contribution in [0.2, 0.25) is 0 Å². The third-order valence-electron chi connectivity index (χ3n) is 5.65. The average molecular weight is 481 g/mol. The van der Waals surface area contributed by atoms with Gasteiger partial charge < -0.3 is 20.6 Å². The summed E-state index contributed by atoms with van der Waals surface area (Å²) in [6.07, 6.45) is 0. The van der Waals surface area contributed by atoms with E-state index in [2.05, 4.69) is 22.2 Å². The Morgan fingerprint density at radius 3 is 2.60 bits per heavy atom. The van der Waals surface area contributed by atoms with Crippen molar-refractivity contribution >= 4 is 29.2 Å². The topological polar surface area (TPSA) is 93.6 Å². The van der Waals surface area contributed by atoms with Crippen molar-refractivity contribution in [2.24, 2.45) is 0 Å². The van der Waals surface area contributed by atoms with E-state index in [0.29, 0.717) is 35.5 Å². The molecule has 3 N–H and O–H groups in total. The van der Waals surface area contributed by atoms with Crippen molar-refractivity contribution in [1.82, 2.24) is 20.2 Å². The Hall–Kier alpha value is -4.05. The smallest absolute Gasteiger partial charge is 0.328 e. The van der Waals surface area contributed by atoms with Crippen molar-refractivity contribution in [3.8, 4) is 11.3 Å². The number of anilines is 3. The number of aromatic nitrogens is 2. The maximum absolute atomic E-state index is 14.8. The maximum Gasteiger partial charge on any atom is 0.328 e. The highest BCUT2D eigenvalue weighted by atomic mass is 19.1. The number of carbonyl (C=O) groups excluding carboxylic acids is 1. The van der Waals surface area contributed by atoms with Crippen LogP contribution in [0, 0.1) is 18.6 Å². The van der Waals surface area contributed by atoms with Crippen molar-refractivity contribution in [2.75, 3.05) is 37.4 Å². The second-order valence-electron chi connectivity index (χ2n) is 8.47.